The van der Waals surface area contributed by atoms with Crippen LogP contribution in [0.4, 0.5) is 11.6 Å². The van der Waals surface area contributed by atoms with Gasteiger partial charge in [0, 0.05) is 6.07 Å². The summed E-state index contributed by atoms with van der Waals surface area (Å²) >= 11 is 0. The molecule has 0 saturated carbocycles. The first-order valence-corrected chi connectivity index (χ1v) is 6.49. The van der Waals surface area contributed by atoms with E-state index in [0.717, 1.165) is 13.2 Å². The predicted molar refractivity (Wildman–Crippen MR) is 78.6 cm³/mol. The molecule has 11 nitrogen and oxygen atoms in total. The van der Waals surface area contributed by atoms with Gasteiger partial charge in [0.2, 0.25) is 0 Å². The Morgan fingerprint density at radius 2 is 2.00 bits per heavy atom. The number of carbonyl (C=O) groups is 1. The summed E-state index contributed by atoms with van der Waals surface area (Å²) in [4.78, 5) is 35.5. The predicted octanol–water partition coefficient (Wildman–Crippen LogP) is 1.60. The van der Waals surface area contributed by atoms with E-state index >= 15 is 0 Å². The van der Waals surface area contributed by atoms with Gasteiger partial charge in [-0.1, -0.05) is 4.98 Å². The number of ether oxygens (including phenoxy) is 2. The fourth-order valence-electron chi connectivity index (χ4n) is 1.92. The van der Waals surface area contributed by atoms with Gasteiger partial charge in [0.1, 0.15) is 12.8 Å². The van der Waals surface area contributed by atoms with E-state index in [1.807, 2.05) is 0 Å². The maximum absolute atomic E-state index is 11.4. The maximum Gasteiger partial charge on any atom is 0.434 e. The van der Waals surface area contributed by atoms with E-state index in [4.69, 9.17) is 4.74 Å². The van der Waals surface area contributed by atoms with Crippen molar-refractivity contribution in [1.29, 1.82) is 0 Å². The first kappa shape index (κ1) is 16.9. The molecule has 0 aliphatic rings. The van der Waals surface area contributed by atoms with Gasteiger partial charge in [-0.3, -0.25) is 10.1 Å². The van der Waals surface area contributed by atoms with Crippen molar-refractivity contribution in [2.24, 2.45) is 7.05 Å². The van der Waals surface area contributed by atoms with E-state index in [2.05, 4.69) is 9.72 Å². The molecule has 0 radical (unpaired) electrons. The Hall–Kier alpha value is -3.50. The van der Waals surface area contributed by atoms with Crippen LogP contribution in [0.3, 0.4) is 0 Å². The second kappa shape index (κ2) is 6.73. The molecular weight excluding hydrogens is 324 g/mol. The molecule has 2 aromatic rings. The van der Waals surface area contributed by atoms with Gasteiger partial charge in [-0.15, -0.1) is 0 Å². The first-order chi connectivity index (χ1) is 11.3. The van der Waals surface area contributed by atoms with Gasteiger partial charge >= 0.3 is 17.6 Å². The number of nitro benzene ring substituents is 1. The summed E-state index contributed by atoms with van der Waals surface area (Å²) in [6.07, 6.45) is 1.24. The Morgan fingerprint density at radius 1 is 1.29 bits per heavy atom. The highest BCUT2D eigenvalue weighted by Crippen LogP contribution is 2.29. The van der Waals surface area contributed by atoms with Crippen molar-refractivity contribution in [2.75, 3.05) is 7.11 Å². The molecule has 0 spiro atoms. The number of nitro groups is 2. The maximum atomic E-state index is 11.4. The van der Waals surface area contributed by atoms with Crippen molar-refractivity contribution in [1.82, 2.24) is 9.55 Å². The topological polar surface area (TPSA) is 140 Å². The van der Waals surface area contributed by atoms with Gasteiger partial charge in [0.05, 0.1) is 24.6 Å². The van der Waals surface area contributed by atoms with Gasteiger partial charge in [-0.2, -0.15) is 0 Å². The smallest absolute Gasteiger partial charge is 0.434 e. The number of hydrogen-bond donors (Lipinski definition) is 0. The highest BCUT2D eigenvalue weighted by molar-refractivity contribution is 5.90. The molecule has 24 heavy (non-hydrogen) atoms. The zero-order valence-corrected chi connectivity index (χ0v) is 12.7. The summed E-state index contributed by atoms with van der Waals surface area (Å²) in [5, 5.41) is 21.9. The molecule has 1 aromatic carbocycles. The van der Waals surface area contributed by atoms with Crippen LogP contribution in [0, 0.1) is 20.2 Å². The minimum Gasteiger partial charge on any atom is -0.479 e. The van der Waals surface area contributed by atoms with Crippen LogP contribution in [-0.4, -0.2) is 32.5 Å². The van der Waals surface area contributed by atoms with E-state index in [1.165, 1.54) is 29.9 Å². The highest BCUT2D eigenvalue weighted by atomic mass is 16.6. The largest absolute Gasteiger partial charge is 0.479 e. The molecular formula is C13H12N4O7. The van der Waals surface area contributed by atoms with Gasteiger partial charge in [0.15, 0.2) is 11.4 Å². The molecule has 0 bridgehead atoms. The van der Waals surface area contributed by atoms with E-state index in [9.17, 15) is 25.0 Å². The van der Waals surface area contributed by atoms with Gasteiger partial charge < -0.3 is 19.6 Å². The number of nitrogens with zero attached hydrogens (tertiary/aromatic N) is 4. The summed E-state index contributed by atoms with van der Waals surface area (Å²) in [6, 6.07) is 3.61. The summed E-state index contributed by atoms with van der Waals surface area (Å²) in [7, 11) is 2.59. The zero-order valence-electron chi connectivity index (χ0n) is 12.7. The monoisotopic (exact) mass is 336 g/mol. The Balaban J connectivity index is 2.25. The Morgan fingerprint density at radius 3 is 2.54 bits per heavy atom. The van der Waals surface area contributed by atoms with Crippen molar-refractivity contribution >= 4 is 17.6 Å². The summed E-state index contributed by atoms with van der Waals surface area (Å²) < 4.78 is 11.1. The molecule has 0 aliphatic heterocycles. The van der Waals surface area contributed by atoms with E-state index in [0.29, 0.717) is 5.69 Å². The van der Waals surface area contributed by atoms with Gasteiger partial charge in [-0.25, -0.2) is 9.36 Å². The van der Waals surface area contributed by atoms with Crippen molar-refractivity contribution < 1.29 is 24.1 Å². The average Bonchev–Trinajstić information content (AvgIpc) is 2.92. The second-order valence-electron chi connectivity index (χ2n) is 4.59. The lowest BCUT2D eigenvalue weighted by Crippen LogP contribution is -2.07. The third kappa shape index (κ3) is 3.29. The molecule has 2 rings (SSSR count). The van der Waals surface area contributed by atoms with Crippen LogP contribution < -0.4 is 4.74 Å². The van der Waals surface area contributed by atoms with Gasteiger partial charge in [-0.05, 0) is 17.1 Å². The van der Waals surface area contributed by atoms with E-state index in [-0.39, 0.29) is 23.9 Å². The molecule has 126 valence electrons. The number of carbonyl (C=O) groups excluding carboxylic acids is 1. The third-order valence-corrected chi connectivity index (χ3v) is 3.18. The van der Waals surface area contributed by atoms with Gasteiger partial charge in [0.25, 0.3) is 0 Å². The summed E-state index contributed by atoms with van der Waals surface area (Å²) in [5.74, 6) is -1.17. The van der Waals surface area contributed by atoms with Crippen LogP contribution in [0.1, 0.15) is 16.1 Å². The van der Waals surface area contributed by atoms with E-state index < -0.39 is 21.5 Å². The normalized spacial score (nSPS) is 10.2. The van der Waals surface area contributed by atoms with Crippen LogP contribution in [0.5, 0.6) is 5.75 Å². The molecule has 0 amide bonds. The van der Waals surface area contributed by atoms with Crippen LogP contribution >= 0.6 is 0 Å². The fraction of sp³-hybridized carbons (Fsp3) is 0.231. The lowest BCUT2D eigenvalue weighted by Gasteiger charge is -2.07. The molecule has 1 aromatic heterocycles. The third-order valence-electron chi connectivity index (χ3n) is 3.18. The molecule has 0 saturated heterocycles. The van der Waals surface area contributed by atoms with Crippen LogP contribution in [-0.2, 0) is 18.4 Å². The highest BCUT2D eigenvalue weighted by Gasteiger charge is 2.22. The minimum atomic E-state index is -0.716. The molecule has 1 heterocycles. The lowest BCUT2D eigenvalue weighted by atomic mass is 10.2. The fourth-order valence-corrected chi connectivity index (χ4v) is 1.92. The standard InChI is InChI=1S/C13H12N4O7/c1-15-9(6-14-13(15)17(21)22)7-24-11-4-3-8(12(18)23-2)5-10(11)16(19)20/h3-6H,7H2,1-2H3. The number of aromatic nitrogens is 2. The Kier molecular flexibility index (Phi) is 4.73. The second-order valence-corrected chi connectivity index (χ2v) is 4.59. The van der Waals surface area contributed by atoms with Crippen molar-refractivity contribution in [3.8, 4) is 5.75 Å². The molecule has 0 aliphatic carbocycles. The zero-order chi connectivity index (χ0) is 17.9. The van der Waals surface area contributed by atoms with Crippen LogP contribution in [0.15, 0.2) is 24.4 Å². The minimum absolute atomic E-state index is 0.00715. The molecule has 0 fully saturated rings. The van der Waals surface area contributed by atoms with Crippen molar-refractivity contribution in [2.45, 2.75) is 6.61 Å². The molecule has 0 atom stereocenters. The average molecular weight is 336 g/mol. The number of rotatable bonds is 6. The van der Waals surface area contributed by atoms with Crippen molar-refractivity contribution in [3.63, 3.8) is 0 Å². The Bertz CT molecular complexity index is 815. The molecule has 11 heteroatoms. The van der Waals surface area contributed by atoms with E-state index in [1.54, 1.807) is 0 Å². The number of imidazole rings is 1. The summed E-state index contributed by atoms with van der Waals surface area (Å²) in [5.41, 5.74) is -0.0599. The SMILES string of the molecule is COC(=O)c1ccc(OCc2cnc([N+](=O)[O-])n2C)c([N+](=O)[O-])c1. The summed E-state index contributed by atoms with van der Waals surface area (Å²) in [6.45, 7) is -0.171. The lowest BCUT2D eigenvalue weighted by molar-refractivity contribution is -0.396. The Labute approximate surface area is 134 Å². The first-order valence-electron chi connectivity index (χ1n) is 6.49. The number of hydrogen-bond acceptors (Lipinski definition) is 8. The molecule has 0 N–H and O–H groups in total. The number of methoxy groups -OCH3 is 1. The van der Waals surface area contributed by atoms with Crippen molar-refractivity contribution in [3.05, 3.63) is 55.9 Å². The van der Waals surface area contributed by atoms with Crippen LogP contribution in [0.2, 0.25) is 0 Å². The quantitative estimate of drug-likeness (QED) is 0.440. The number of benzene rings is 1. The molecule has 0 unspecified atom stereocenters. The number of esters is 1. The van der Waals surface area contributed by atoms with Crippen LogP contribution in [0.25, 0.3) is 0 Å².